The Morgan fingerprint density at radius 3 is 1.90 bits per heavy atom. The fourth-order valence-corrected chi connectivity index (χ4v) is 15.7. The highest BCUT2D eigenvalue weighted by Crippen LogP contribution is 2.60. The summed E-state index contributed by atoms with van der Waals surface area (Å²) >= 11 is 1.92. The van der Waals surface area contributed by atoms with Gasteiger partial charge in [0, 0.05) is 42.7 Å². The summed E-state index contributed by atoms with van der Waals surface area (Å²) in [7, 11) is -2.09. The number of rotatable bonds is 4. The van der Waals surface area contributed by atoms with Crippen molar-refractivity contribution in [3.63, 3.8) is 0 Å². The van der Waals surface area contributed by atoms with Gasteiger partial charge in [0.2, 0.25) is 0 Å². The molecule has 1 atom stereocenters. The Morgan fingerprint density at radius 2 is 1.08 bits per heavy atom. The van der Waals surface area contributed by atoms with Crippen LogP contribution in [0.1, 0.15) is 16.8 Å². The molecule has 0 unspecified atom stereocenters. The van der Waals surface area contributed by atoms with Gasteiger partial charge in [0.15, 0.2) is 0 Å². The lowest BCUT2D eigenvalue weighted by molar-refractivity contribution is 1.09. The topological polar surface area (TPSA) is 4.93 Å². The van der Waals surface area contributed by atoms with E-state index in [1.807, 2.05) is 11.3 Å². The minimum Gasteiger partial charge on any atom is -0.309 e. The lowest BCUT2D eigenvalue weighted by atomic mass is 9.95. The number of hydrogen-bond acceptors (Lipinski definition) is 1. The van der Waals surface area contributed by atoms with E-state index in [0.717, 1.165) is 0 Å². The fraction of sp³-hybridized carbons (Fsp3) is 0.0508. The largest absolute Gasteiger partial charge is 0.309 e. The molecular weight excluding hydrogens is 783 g/mol. The van der Waals surface area contributed by atoms with Crippen molar-refractivity contribution < 1.29 is 0 Å². The van der Waals surface area contributed by atoms with Gasteiger partial charge in [0.05, 0.1) is 11.2 Å². The molecule has 2 aromatic heterocycles. The maximum Gasteiger partial charge on any atom is 0.113 e. The van der Waals surface area contributed by atoms with E-state index in [0.29, 0.717) is 5.92 Å². The van der Waals surface area contributed by atoms with Crippen molar-refractivity contribution >= 4 is 99.6 Å². The Balaban J connectivity index is 0.948. The van der Waals surface area contributed by atoms with Crippen LogP contribution in [0.2, 0.25) is 13.1 Å². The molecule has 2 aliphatic carbocycles. The van der Waals surface area contributed by atoms with Gasteiger partial charge >= 0.3 is 0 Å². The average Bonchev–Trinajstić information content (AvgIpc) is 3.66. The van der Waals surface area contributed by atoms with E-state index in [2.05, 4.69) is 212 Å². The highest BCUT2D eigenvalue weighted by molar-refractivity contribution is 7.26. The summed E-state index contributed by atoms with van der Waals surface area (Å²) < 4.78 is 5.30. The van der Waals surface area contributed by atoms with E-state index in [4.69, 9.17) is 0 Å². The molecule has 11 aromatic rings. The van der Waals surface area contributed by atoms with E-state index >= 15 is 0 Å². The summed E-state index contributed by atoms with van der Waals surface area (Å²) in [5.41, 5.74) is 17.5. The second-order valence-electron chi connectivity index (χ2n) is 17.9. The van der Waals surface area contributed by atoms with Gasteiger partial charge in [-0.15, -0.1) is 11.3 Å². The van der Waals surface area contributed by atoms with Crippen LogP contribution in [-0.4, -0.2) is 12.6 Å². The second kappa shape index (κ2) is 12.5. The Labute approximate surface area is 365 Å². The third-order valence-corrected chi connectivity index (χ3v) is 19.1. The second-order valence-corrected chi connectivity index (χ2v) is 23.3. The number of benzene rings is 9. The molecule has 0 bridgehead atoms. The average molecular weight is 822 g/mol. The number of thiophene rings is 1. The van der Waals surface area contributed by atoms with E-state index in [1.54, 1.807) is 0 Å². The van der Waals surface area contributed by atoms with Crippen molar-refractivity contribution in [2.24, 2.45) is 5.92 Å². The standard InChI is InChI=1S/C59H39NSSi/c1-62(2)54-33-38(43-20-11-22-48-44-18-7-8-23-53(44)61-59(43)48)24-27-45(54)46-28-26-39(34-55(46)62)60-51-30-25-37(42-19-9-14-35-12-3-5-16-40(35)42)32-50(51)57-52(60)31-29-49-56(58(49)57)47-21-10-15-36-13-4-6-17-41(36)47/h3-34,49H,1-2H3/t49-/m1/s1. The smallest absolute Gasteiger partial charge is 0.113 e. The Hall–Kier alpha value is -7.04. The highest BCUT2D eigenvalue weighted by atomic mass is 32.1. The molecule has 290 valence electrons. The number of allylic oxidation sites excluding steroid dienone is 3. The van der Waals surface area contributed by atoms with Crippen molar-refractivity contribution in [1.29, 1.82) is 0 Å². The maximum atomic E-state index is 2.57. The molecule has 1 aliphatic heterocycles. The number of fused-ring (bicyclic) bond motifs is 13. The van der Waals surface area contributed by atoms with Gasteiger partial charge in [-0.2, -0.15) is 0 Å². The molecule has 62 heavy (non-hydrogen) atoms. The van der Waals surface area contributed by atoms with Crippen LogP contribution >= 0.6 is 11.3 Å². The molecule has 3 aliphatic rings. The van der Waals surface area contributed by atoms with Crippen molar-refractivity contribution in [1.82, 2.24) is 4.57 Å². The van der Waals surface area contributed by atoms with E-state index in [-0.39, 0.29) is 0 Å². The first-order valence-electron chi connectivity index (χ1n) is 21.8. The molecule has 9 aromatic carbocycles. The van der Waals surface area contributed by atoms with Crippen LogP contribution in [0.5, 0.6) is 0 Å². The maximum absolute atomic E-state index is 2.57. The predicted molar refractivity (Wildman–Crippen MR) is 270 cm³/mol. The molecule has 3 heterocycles. The van der Waals surface area contributed by atoms with Gasteiger partial charge < -0.3 is 4.57 Å². The summed E-state index contributed by atoms with van der Waals surface area (Å²) in [6.45, 7) is 5.11. The van der Waals surface area contributed by atoms with Gasteiger partial charge in [-0.3, -0.25) is 0 Å². The van der Waals surface area contributed by atoms with Crippen LogP contribution < -0.4 is 10.4 Å². The third kappa shape index (κ3) is 4.72. The van der Waals surface area contributed by atoms with E-state index < -0.39 is 8.07 Å². The number of aromatic nitrogens is 1. The van der Waals surface area contributed by atoms with Crippen molar-refractivity contribution in [3.8, 4) is 39.1 Å². The van der Waals surface area contributed by atoms with Crippen LogP contribution in [0, 0.1) is 5.92 Å². The molecule has 0 spiro atoms. The molecule has 3 heteroatoms. The molecular formula is C59H39NSSi. The fourth-order valence-electron chi connectivity index (χ4n) is 11.4. The molecule has 0 saturated heterocycles. The van der Waals surface area contributed by atoms with Crippen LogP contribution in [0.15, 0.2) is 188 Å². The number of nitrogens with zero attached hydrogens (tertiary/aromatic N) is 1. The third-order valence-electron chi connectivity index (χ3n) is 14.4. The van der Waals surface area contributed by atoms with Gasteiger partial charge in [-0.1, -0.05) is 171 Å². The lowest BCUT2D eigenvalue weighted by Gasteiger charge is -2.21. The van der Waals surface area contributed by atoms with Gasteiger partial charge in [-0.05, 0) is 118 Å². The molecule has 0 saturated carbocycles. The zero-order chi connectivity index (χ0) is 40.8. The van der Waals surface area contributed by atoms with E-state index in [9.17, 15) is 0 Å². The van der Waals surface area contributed by atoms with Crippen molar-refractivity contribution in [2.75, 3.05) is 0 Å². The number of hydrogen-bond donors (Lipinski definition) is 0. The molecule has 0 amide bonds. The first-order valence-corrected chi connectivity index (χ1v) is 25.6. The SMILES string of the molecule is C[Si]1(C)c2cc(-c3cccc4c3sc3ccccc34)ccc2-c2ccc(-n3c4c(c5cc(-c6cccc7ccccc67)ccc53)C3=C(c5cccc6ccccc56)[C@H]3C=C4)cc21. The summed E-state index contributed by atoms with van der Waals surface area (Å²) in [5, 5.41) is 12.3. The summed E-state index contributed by atoms with van der Waals surface area (Å²) in [5.74, 6) is 0.321. The predicted octanol–water partition coefficient (Wildman–Crippen LogP) is 15.0. The summed E-state index contributed by atoms with van der Waals surface area (Å²) in [4.78, 5) is 0. The monoisotopic (exact) mass is 821 g/mol. The molecule has 0 N–H and O–H groups in total. The first-order chi connectivity index (χ1) is 30.5. The summed E-state index contributed by atoms with van der Waals surface area (Å²) in [6.07, 6.45) is 4.88. The zero-order valence-corrected chi connectivity index (χ0v) is 36.2. The Bertz CT molecular complexity index is 3840. The lowest BCUT2D eigenvalue weighted by Crippen LogP contribution is -2.49. The quantitative estimate of drug-likeness (QED) is 0.156. The summed E-state index contributed by atoms with van der Waals surface area (Å²) in [6, 6.07) is 68.7. The molecule has 0 radical (unpaired) electrons. The Morgan fingerprint density at radius 1 is 0.468 bits per heavy atom. The van der Waals surface area contributed by atoms with Crippen LogP contribution in [0.25, 0.3) is 109 Å². The van der Waals surface area contributed by atoms with Crippen molar-refractivity contribution in [2.45, 2.75) is 13.1 Å². The van der Waals surface area contributed by atoms with E-state index in [1.165, 1.54) is 130 Å². The van der Waals surface area contributed by atoms with Crippen LogP contribution in [-0.2, 0) is 0 Å². The molecule has 0 fully saturated rings. The normalized spacial score (nSPS) is 15.7. The van der Waals surface area contributed by atoms with Gasteiger partial charge in [0.1, 0.15) is 8.07 Å². The van der Waals surface area contributed by atoms with Gasteiger partial charge in [-0.25, -0.2) is 0 Å². The minimum atomic E-state index is -2.09. The van der Waals surface area contributed by atoms with Crippen LogP contribution in [0.4, 0.5) is 0 Å². The molecule has 1 nitrogen and oxygen atoms in total. The minimum absolute atomic E-state index is 0.321. The molecule has 14 rings (SSSR count). The van der Waals surface area contributed by atoms with Crippen LogP contribution in [0.3, 0.4) is 0 Å². The first kappa shape index (κ1) is 34.6. The zero-order valence-electron chi connectivity index (χ0n) is 34.4. The van der Waals surface area contributed by atoms with Gasteiger partial charge in [0.25, 0.3) is 0 Å². The Kier molecular flexibility index (Phi) is 6.99. The van der Waals surface area contributed by atoms with Crippen molar-refractivity contribution in [3.05, 3.63) is 205 Å². The highest BCUT2D eigenvalue weighted by Gasteiger charge is 2.43.